The number of rotatable bonds is 7. The van der Waals surface area contributed by atoms with Crippen LogP contribution in [0.1, 0.15) is 27.3 Å². The minimum Gasteiger partial charge on any atom is -0.349 e. The van der Waals surface area contributed by atoms with Gasteiger partial charge >= 0.3 is 0 Å². The largest absolute Gasteiger partial charge is 0.349 e. The summed E-state index contributed by atoms with van der Waals surface area (Å²) in [5.74, 6) is -1.20. The standard InChI is InChI=1S/C24H22ClN5O4S/c1-14-7-15(2)9-18(8-14)35(33,34)23-19-10-16(25)3-4-20(19)30-22(23)24(32)28-12-21(31)27-11-17-5-6-26-13-29-17/h3-10,13,30H,11-12H2,1-2H3,(H,27,31)(H,28,32). The zero-order valence-electron chi connectivity index (χ0n) is 18.9. The van der Waals surface area contributed by atoms with Crippen LogP contribution in [0.2, 0.25) is 5.02 Å². The van der Waals surface area contributed by atoms with Crippen molar-refractivity contribution in [2.45, 2.75) is 30.2 Å². The number of hydrogen-bond donors (Lipinski definition) is 3. The summed E-state index contributed by atoms with van der Waals surface area (Å²) in [7, 11) is -4.11. The second kappa shape index (κ2) is 9.85. The van der Waals surface area contributed by atoms with E-state index in [0.717, 1.165) is 11.1 Å². The molecule has 0 saturated heterocycles. The van der Waals surface area contributed by atoms with Gasteiger partial charge in [-0.15, -0.1) is 0 Å². The van der Waals surface area contributed by atoms with Crippen molar-refractivity contribution >= 4 is 44.2 Å². The van der Waals surface area contributed by atoms with E-state index in [-0.39, 0.29) is 34.0 Å². The van der Waals surface area contributed by atoms with Crippen LogP contribution >= 0.6 is 11.6 Å². The number of aryl methyl sites for hydroxylation is 2. The molecule has 0 aliphatic rings. The average Bonchev–Trinajstić information content (AvgIpc) is 3.20. The molecule has 3 N–H and O–H groups in total. The highest BCUT2D eigenvalue weighted by molar-refractivity contribution is 7.91. The van der Waals surface area contributed by atoms with Crippen LogP contribution in [0.25, 0.3) is 10.9 Å². The molecule has 35 heavy (non-hydrogen) atoms. The third-order valence-electron chi connectivity index (χ3n) is 5.23. The van der Waals surface area contributed by atoms with E-state index >= 15 is 0 Å². The van der Waals surface area contributed by atoms with Crippen molar-refractivity contribution in [2.24, 2.45) is 0 Å². The quantitative estimate of drug-likeness (QED) is 0.349. The van der Waals surface area contributed by atoms with Crippen LogP contribution in [0.3, 0.4) is 0 Å². The zero-order valence-corrected chi connectivity index (χ0v) is 20.5. The van der Waals surface area contributed by atoms with Crippen LogP contribution < -0.4 is 10.6 Å². The lowest BCUT2D eigenvalue weighted by atomic mass is 10.2. The first-order chi connectivity index (χ1) is 16.6. The van der Waals surface area contributed by atoms with Gasteiger partial charge in [0.25, 0.3) is 5.91 Å². The first-order valence-electron chi connectivity index (χ1n) is 10.6. The predicted octanol–water partition coefficient (Wildman–Crippen LogP) is 3.11. The fourth-order valence-electron chi connectivity index (χ4n) is 3.71. The smallest absolute Gasteiger partial charge is 0.269 e. The summed E-state index contributed by atoms with van der Waals surface area (Å²) >= 11 is 6.14. The van der Waals surface area contributed by atoms with Crippen molar-refractivity contribution in [3.05, 3.63) is 82.5 Å². The molecule has 0 fully saturated rings. The minimum absolute atomic E-state index is 0.0625. The van der Waals surface area contributed by atoms with E-state index in [4.69, 9.17) is 11.6 Å². The topological polar surface area (TPSA) is 134 Å². The highest BCUT2D eigenvalue weighted by Crippen LogP contribution is 2.34. The average molecular weight is 512 g/mol. The van der Waals surface area contributed by atoms with Crippen LogP contribution in [0.4, 0.5) is 0 Å². The lowest BCUT2D eigenvalue weighted by Crippen LogP contribution is -2.37. The summed E-state index contributed by atoms with van der Waals surface area (Å²) in [5.41, 5.74) is 2.40. The molecule has 0 saturated carbocycles. The Kier molecular flexibility index (Phi) is 6.86. The molecule has 2 aromatic heterocycles. The number of benzene rings is 2. The fourth-order valence-corrected chi connectivity index (χ4v) is 5.67. The maximum Gasteiger partial charge on any atom is 0.269 e. The van der Waals surface area contributed by atoms with Gasteiger partial charge in [0, 0.05) is 22.1 Å². The summed E-state index contributed by atoms with van der Waals surface area (Å²) in [6.45, 7) is 3.40. The minimum atomic E-state index is -4.11. The molecule has 2 aromatic carbocycles. The maximum absolute atomic E-state index is 13.7. The van der Waals surface area contributed by atoms with Gasteiger partial charge in [0.15, 0.2) is 0 Å². The first kappa shape index (κ1) is 24.4. The number of halogens is 1. The molecule has 0 bridgehead atoms. The van der Waals surface area contributed by atoms with Crippen molar-refractivity contribution in [2.75, 3.05) is 6.54 Å². The first-order valence-corrected chi connectivity index (χ1v) is 12.5. The Hall–Kier alpha value is -3.76. The number of aromatic amines is 1. The monoisotopic (exact) mass is 511 g/mol. The predicted molar refractivity (Wildman–Crippen MR) is 131 cm³/mol. The Morgan fingerprint density at radius 1 is 1.03 bits per heavy atom. The second-order valence-corrected chi connectivity index (χ2v) is 10.3. The van der Waals surface area contributed by atoms with Gasteiger partial charge < -0.3 is 15.6 Å². The normalized spacial score (nSPS) is 11.4. The Balaban J connectivity index is 1.64. The summed E-state index contributed by atoms with van der Waals surface area (Å²) in [4.78, 5) is 35.9. The second-order valence-electron chi connectivity index (χ2n) is 8.01. The molecule has 4 rings (SSSR count). The van der Waals surface area contributed by atoms with Gasteiger partial charge in [-0.2, -0.15) is 0 Å². The molecular formula is C24H22ClN5O4S. The van der Waals surface area contributed by atoms with Crippen LogP contribution in [-0.2, 0) is 21.2 Å². The molecule has 0 aliphatic carbocycles. The van der Waals surface area contributed by atoms with E-state index in [1.165, 1.54) is 12.4 Å². The van der Waals surface area contributed by atoms with Crippen LogP contribution in [-0.4, -0.2) is 41.7 Å². The van der Waals surface area contributed by atoms with Gasteiger partial charge in [-0.05, 0) is 61.4 Å². The SMILES string of the molecule is Cc1cc(C)cc(S(=O)(=O)c2c(C(=O)NCC(=O)NCc3ccncn3)[nH]c3ccc(Cl)cc23)c1. The van der Waals surface area contributed by atoms with Crippen LogP contribution in [0, 0.1) is 13.8 Å². The highest BCUT2D eigenvalue weighted by Gasteiger charge is 2.30. The Labute approximate surface area is 206 Å². The number of hydrogen-bond acceptors (Lipinski definition) is 6. The Bertz CT molecular complexity index is 1510. The number of fused-ring (bicyclic) bond motifs is 1. The molecule has 0 atom stereocenters. The Morgan fingerprint density at radius 2 is 1.77 bits per heavy atom. The highest BCUT2D eigenvalue weighted by atomic mass is 35.5. The van der Waals surface area contributed by atoms with Crippen molar-refractivity contribution in [3.63, 3.8) is 0 Å². The third-order valence-corrected chi connectivity index (χ3v) is 7.29. The van der Waals surface area contributed by atoms with Crippen molar-refractivity contribution in [1.82, 2.24) is 25.6 Å². The summed E-state index contributed by atoms with van der Waals surface area (Å²) in [6.07, 6.45) is 2.92. The number of carbonyl (C=O) groups excluding carboxylic acids is 2. The summed E-state index contributed by atoms with van der Waals surface area (Å²) in [6, 6.07) is 11.3. The van der Waals surface area contributed by atoms with Crippen molar-refractivity contribution < 1.29 is 18.0 Å². The lowest BCUT2D eigenvalue weighted by molar-refractivity contribution is -0.120. The number of nitrogens with one attached hydrogen (secondary N) is 3. The van der Waals surface area contributed by atoms with E-state index in [9.17, 15) is 18.0 Å². The van der Waals surface area contributed by atoms with Crippen molar-refractivity contribution in [1.29, 1.82) is 0 Å². The van der Waals surface area contributed by atoms with E-state index in [0.29, 0.717) is 16.2 Å². The van der Waals surface area contributed by atoms with E-state index in [1.807, 2.05) is 6.07 Å². The van der Waals surface area contributed by atoms with Crippen LogP contribution in [0.15, 0.2) is 64.8 Å². The zero-order chi connectivity index (χ0) is 25.2. The fraction of sp³-hybridized carbons (Fsp3) is 0.167. The molecular weight excluding hydrogens is 490 g/mol. The summed E-state index contributed by atoms with van der Waals surface area (Å²) in [5, 5.41) is 5.73. The van der Waals surface area contributed by atoms with Gasteiger partial charge in [-0.25, -0.2) is 18.4 Å². The number of H-pyrrole nitrogens is 1. The van der Waals surface area contributed by atoms with Gasteiger partial charge in [-0.1, -0.05) is 17.7 Å². The van der Waals surface area contributed by atoms with E-state index in [2.05, 4.69) is 25.6 Å². The van der Waals surface area contributed by atoms with Crippen molar-refractivity contribution in [3.8, 4) is 0 Å². The molecule has 0 spiro atoms. The lowest BCUT2D eigenvalue weighted by Gasteiger charge is -2.10. The number of amides is 2. The molecule has 2 heterocycles. The number of sulfone groups is 1. The molecule has 180 valence electrons. The number of nitrogens with zero attached hydrogens (tertiary/aromatic N) is 2. The van der Waals surface area contributed by atoms with Gasteiger partial charge in [0.1, 0.15) is 16.9 Å². The van der Waals surface area contributed by atoms with Gasteiger partial charge in [0.2, 0.25) is 15.7 Å². The third kappa shape index (κ3) is 5.33. The molecule has 4 aromatic rings. The molecule has 0 radical (unpaired) electrons. The number of carbonyl (C=O) groups is 2. The number of aromatic nitrogens is 3. The summed E-state index contributed by atoms with van der Waals surface area (Å²) < 4.78 is 27.4. The molecule has 9 nitrogen and oxygen atoms in total. The Morgan fingerprint density at radius 3 is 2.46 bits per heavy atom. The van der Waals surface area contributed by atoms with Crippen LogP contribution in [0.5, 0.6) is 0 Å². The molecule has 0 unspecified atom stereocenters. The molecule has 2 amide bonds. The molecule has 0 aliphatic heterocycles. The maximum atomic E-state index is 13.7. The van der Waals surface area contributed by atoms with Gasteiger partial charge in [-0.3, -0.25) is 9.59 Å². The molecule has 11 heteroatoms. The van der Waals surface area contributed by atoms with E-state index < -0.39 is 21.7 Å². The van der Waals surface area contributed by atoms with Gasteiger partial charge in [0.05, 0.1) is 23.7 Å². The van der Waals surface area contributed by atoms with E-state index in [1.54, 1.807) is 50.4 Å².